The molecule has 44 heavy (non-hydrogen) atoms. The Hall–Kier alpha value is -3.88. The SMILES string of the molecule is CC(C)(c1ccc(O)cc1)c1ccc(OC(=O)CCSSCCC(=O)Oc2ccc(C(C)(C)c3ccc(O)cc3)cc2)cc1. The van der Waals surface area contributed by atoms with E-state index in [4.69, 9.17) is 9.47 Å². The van der Waals surface area contributed by atoms with Crippen molar-refractivity contribution in [3.8, 4) is 23.0 Å². The Bertz CT molecular complexity index is 1410. The summed E-state index contributed by atoms with van der Waals surface area (Å²) in [6.07, 6.45) is 0.519. The van der Waals surface area contributed by atoms with E-state index in [9.17, 15) is 19.8 Å². The van der Waals surface area contributed by atoms with Gasteiger partial charge in [-0.05, 0) is 70.8 Å². The highest BCUT2D eigenvalue weighted by Crippen LogP contribution is 2.34. The summed E-state index contributed by atoms with van der Waals surface area (Å²) in [6.45, 7) is 8.42. The molecule has 0 unspecified atom stereocenters. The Kier molecular flexibility index (Phi) is 11.1. The number of aromatic hydroxyl groups is 2. The molecule has 0 fully saturated rings. The summed E-state index contributed by atoms with van der Waals surface area (Å²) in [4.78, 5) is 24.6. The molecule has 0 heterocycles. The van der Waals surface area contributed by atoms with Crippen LogP contribution in [0.1, 0.15) is 62.8 Å². The van der Waals surface area contributed by atoms with E-state index in [-0.39, 0.29) is 47.1 Å². The van der Waals surface area contributed by atoms with Gasteiger partial charge in [-0.15, -0.1) is 0 Å². The minimum atomic E-state index is -0.305. The van der Waals surface area contributed by atoms with Crippen LogP contribution in [0.15, 0.2) is 97.1 Å². The Morgan fingerprint density at radius 3 is 1.09 bits per heavy atom. The van der Waals surface area contributed by atoms with Crippen molar-refractivity contribution in [3.05, 3.63) is 119 Å². The van der Waals surface area contributed by atoms with Crippen LogP contribution in [0, 0.1) is 0 Å². The topological polar surface area (TPSA) is 93.1 Å². The van der Waals surface area contributed by atoms with Crippen LogP contribution in [-0.4, -0.2) is 33.7 Å². The summed E-state index contributed by atoms with van der Waals surface area (Å²) in [7, 11) is 3.05. The standard InChI is InChI=1S/C36H38O6S2/c1-35(2,25-5-13-29(37)14-6-25)27-9-17-31(18-10-27)41-33(39)21-23-43-44-24-22-34(40)42-32-19-11-28(12-20-32)36(3,4)26-7-15-30(38)16-8-26/h5-20,37-38H,21-24H2,1-4H3. The fourth-order valence-electron chi connectivity index (χ4n) is 4.70. The lowest BCUT2D eigenvalue weighted by Gasteiger charge is -2.26. The second kappa shape index (κ2) is 14.7. The minimum Gasteiger partial charge on any atom is -0.508 e. The van der Waals surface area contributed by atoms with E-state index in [0.29, 0.717) is 23.0 Å². The van der Waals surface area contributed by atoms with Crippen molar-refractivity contribution in [1.29, 1.82) is 0 Å². The van der Waals surface area contributed by atoms with Gasteiger partial charge in [-0.1, -0.05) is 97.8 Å². The Morgan fingerprint density at radius 1 is 0.523 bits per heavy atom. The van der Waals surface area contributed by atoms with E-state index in [1.807, 2.05) is 48.5 Å². The highest BCUT2D eigenvalue weighted by molar-refractivity contribution is 8.76. The van der Waals surface area contributed by atoms with Gasteiger partial charge in [-0.3, -0.25) is 9.59 Å². The quantitative estimate of drug-likeness (QED) is 0.0658. The molecule has 230 valence electrons. The van der Waals surface area contributed by atoms with E-state index in [1.54, 1.807) is 48.5 Å². The maximum Gasteiger partial charge on any atom is 0.312 e. The normalized spacial score (nSPS) is 11.6. The third kappa shape index (κ3) is 8.83. The van der Waals surface area contributed by atoms with Crippen LogP contribution < -0.4 is 9.47 Å². The minimum absolute atomic E-state index is 0.233. The van der Waals surface area contributed by atoms with E-state index >= 15 is 0 Å². The zero-order valence-corrected chi connectivity index (χ0v) is 27.0. The van der Waals surface area contributed by atoms with Gasteiger partial charge in [0.1, 0.15) is 23.0 Å². The largest absolute Gasteiger partial charge is 0.508 e. The summed E-state index contributed by atoms with van der Waals surface area (Å²) in [5.74, 6) is 2.00. The number of ether oxygens (including phenoxy) is 2. The van der Waals surface area contributed by atoms with Crippen molar-refractivity contribution >= 4 is 33.5 Å². The molecule has 0 aromatic heterocycles. The first-order valence-corrected chi connectivity index (χ1v) is 16.9. The van der Waals surface area contributed by atoms with Crippen LogP contribution in [0.4, 0.5) is 0 Å². The number of phenolic OH excluding ortho intramolecular Hbond substituents is 2. The molecule has 0 aliphatic heterocycles. The average Bonchev–Trinajstić information content (AvgIpc) is 3.00. The second-order valence-electron chi connectivity index (χ2n) is 11.5. The van der Waals surface area contributed by atoms with E-state index in [1.165, 1.54) is 21.6 Å². The molecule has 0 aliphatic carbocycles. The van der Waals surface area contributed by atoms with Crippen LogP contribution in [0.5, 0.6) is 23.0 Å². The first-order chi connectivity index (χ1) is 20.9. The van der Waals surface area contributed by atoms with Gasteiger partial charge in [0.05, 0.1) is 12.8 Å². The zero-order chi connectivity index (χ0) is 31.7. The van der Waals surface area contributed by atoms with Crippen molar-refractivity contribution in [2.45, 2.75) is 51.4 Å². The van der Waals surface area contributed by atoms with Gasteiger partial charge in [-0.2, -0.15) is 0 Å². The summed E-state index contributed by atoms with van der Waals surface area (Å²) < 4.78 is 11.0. The van der Waals surface area contributed by atoms with Gasteiger partial charge >= 0.3 is 11.9 Å². The van der Waals surface area contributed by atoms with Crippen molar-refractivity contribution in [2.75, 3.05) is 11.5 Å². The number of hydrogen-bond donors (Lipinski definition) is 2. The van der Waals surface area contributed by atoms with E-state index in [0.717, 1.165) is 22.3 Å². The van der Waals surface area contributed by atoms with Gasteiger partial charge in [0.15, 0.2) is 0 Å². The molecule has 2 N–H and O–H groups in total. The summed E-state index contributed by atoms with van der Waals surface area (Å²) in [5.41, 5.74) is 3.74. The zero-order valence-electron chi connectivity index (χ0n) is 25.4. The third-order valence-corrected chi connectivity index (χ3v) is 10.1. The first-order valence-electron chi connectivity index (χ1n) is 14.4. The van der Waals surface area contributed by atoms with Crippen molar-refractivity contribution in [2.24, 2.45) is 0 Å². The molecule has 0 bridgehead atoms. The fraction of sp³-hybridized carbons (Fsp3) is 0.278. The van der Waals surface area contributed by atoms with Gasteiger partial charge in [0.25, 0.3) is 0 Å². The molecule has 4 rings (SSSR count). The first kappa shape index (κ1) is 33.0. The highest BCUT2D eigenvalue weighted by Gasteiger charge is 2.24. The number of benzene rings is 4. The van der Waals surface area contributed by atoms with Gasteiger partial charge in [-0.25, -0.2) is 0 Å². The van der Waals surface area contributed by atoms with Crippen LogP contribution in [0.3, 0.4) is 0 Å². The van der Waals surface area contributed by atoms with Crippen molar-refractivity contribution < 1.29 is 29.3 Å². The Morgan fingerprint density at radius 2 is 0.795 bits per heavy atom. The van der Waals surface area contributed by atoms with Crippen molar-refractivity contribution in [3.63, 3.8) is 0 Å². The molecule has 0 amide bonds. The van der Waals surface area contributed by atoms with Gasteiger partial charge < -0.3 is 19.7 Å². The van der Waals surface area contributed by atoms with Crippen LogP contribution in [0.2, 0.25) is 0 Å². The summed E-state index contributed by atoms with van der Waals surface area (Å²) in [5, 5.41) is 19.1. The molecule has 0 aliphatic rings. The molecule has 0 atom stereocenters. The van der Waals surface area contributed by atoms with Gasteiger partial charge in [0, 0.05) is 22.3 Å². The number of hydrogen-bond acceptors (Lipinski definition) is 8. The Balaban J connectivity index is 1.13. The molecule has 6 nitrogen and oxygen atoms in total. The predicted octanol–water partition coefficient (Wildman–Crippen LogP) is 8.42. The molecular weight excluding hydrogens is 593 g/mol. The third-order valence-electron chi connectivity index (χ3n) is 7.66. The van der Waals surface area contributed by atoms with Crippen molar-refractivity contribution in [1.82, 2.24) is 0 Å². The highest BCUT2D eigenvalue weighted by atomic mass is 33.1. The molecular formula is C36H38O6S2. The average molecular weight is 631 g/mol. The number of carbonyl (C=O) groups is 2. The smallest absolute Gasteiger partial charge is 0.312 e. The monoisotopic (exact) mass is 630 g/mol. The van der Waals surface area contributed by atoms with Gasteiger partial charge in [0.2, 0.25) is 0 Å². The number of rotatable bonds is 13. The Labute approximate surface area is 267 Å². The maximum atomic E-state index is 12.3. The van der Waals surface area contributed by atoms with E-state index < -0.39 is 0 Å². The number of esters is 2. The van der Waals surface area contributed by atoms with Crippen LogP contribution >= 0.6 is 21.6 Å². The lowest BCUT2D eigenvalue weighted by molar-refractivity contribution is -0.134. The summed E-state index contributed by atoms with van der Waals surface area (Å²) in [6, 6.07) is 29.3. The predicted molar refractivity (Wildman–Crippen MR) is 179 cm³/mol. The fourth-order valence-corrected chi connectivity index (χ4v) is 6.64. The summed E-state index contributed by atoms with van der Waals surface area (Å²) >= 11 is 0. The second-order valence-corrected chi connectivity index (χ2v) is 14.2. The number of phenols is 2. The molecule has 0 saturated carbocycles. The molecule has 0 spiro atoms. The lowest BCUT2D eigenvalue weighted by Crippen LogP contribution is -2.18. The molecule has 4 aromatic rings. The lowest BCUT2D eigenvalue weighted by atomic mass is 9.78. The molecule has 0 saturated heterocycles. The van der Waals surface area contributed by atoms with E-state index in [2.05, 4.69) is 27.7 Å². The molecule has 4 aromatic carbocycles. The molecule has 8 heteroatoms. The van der Waals surface area contributed by atoms with Crippen LogP contribution in [-0.2, 0) is 20.4 Å². The maximum absolute atomic E-state index is 12.3. The number of carbonyl (C=O) groups excluding carboxylic acids is 2. The van der Waals surface area contributed by atoms with Crippen LogP contribution in [0.25, 0.3) is 0 Å². The molecule has 0 radical (unpaired) electrons.